The Morgan fingerprint density at radius 3 is 2.70 bits per heavy atom. The van der Waals surface area contributed by atoms with E-state index in [0.717, 1.165) is 6.42 Å². The molecule has 2 heterocycles. The Morgan fingerprint density at radius 1 is 1.45 bits per heavy atom. The Balaban J connectivity index is 2.05. The lowest BCUT2D eigenvalue weighted by molar-refractivity contribution is 0.0275. The number of amides is 1. The third kappa shape index (κ3) is 3.05. The van der Waals surface area contributed by atoms with E-state index in [1.54, 1.807) is 12.0 Å². The van der Waals surface area contributed by atoms with Crippen LogP contribution in [0.15, 0.2) is 12.3 Å². The maximum atomic E-state index is 12.1. The van der Waals surface area contributed by atoms with Crippen molar-refractivity contribution >= 4 is 6.09 Å². The second kappa shape index (κ2) is 5.00. The van der Waals surface area contributed by atoms with Crippen LogP contribution in [-0.4, -0.2) is 46.6 Å². The summed E-state index contributed by atoms with van der Waals surface area (Å²) in [5.74, 6) is 0.585. The van der Waals surface area contributed by atoms with Crippen LogP contribution in [0.1, 0.15) is 34.1 Å². The number of carbonyl (C=O) groups excluding carboxylic acids is 1. The summed E-state index contributed by atoms with van der Waals surface area (Å²) in [5.41, 5.74) is -0.682. The van der Waals surface area contributed by atoms with Gasteiger partial charge in [0.1, 0.15) is 5.60 Å². The van der Waals surface area contributed by atoms with Crippen molar-refractivity contribution in [2.24, 2.45) is 0 Å². The average molecular weight is 281 g/mol. The number of aromatic nitrogens is 2. The molecule has 0 N–H and O–H groups in total. The molecule has 0 unspecified atom stereocenters. The summed E-state index contributed by atoms with van der Waals surface area (Å²) < 4.78 is 12.4. The number of rotatable bonds is 2. The lowest BCUT2D eigenvalue weighted by Crippen LogP contribution is -2.39. The van der Waals surface area contributed by atoms with E-state index in [1.165, 1.54) is 0 Å². The maximum Gasteiger partial charge on any atom is 0.410 e. The van der Waals surface area contributed by atoms with Gasteiger partial charge in [0.15, 0.2) is 0 Å². The normalized spacial score (nSPS) is 22.9. The van der Waals surface area contributed by atoms with Gasteiger partial charge in [-0.15, -0.1) is 5.10 Å². The minimum absolute atomic E-state index is 0.215. The van der Waals surface area contributed by atoms with Gasteiger partial charge in [0.2, 0.25) is 5.88 Å². The van der Waals surface area contributed by atoms with Crippen LogP contribution in [0.25, 0.3) is 0 Å². The van der Waals surface area contributed by atoms with Crippen LogP contribution in [0, 0.1) is 0 Å². The number of hydrogen-bond acceptors (Lipinski definition) is 4. The molecule has 0 bridgehead atoms. The first-order chi connectivity index (χ1) is 9.23. The van der Waals surface area contributed by atoms with E-state index in [1.807, 2.05) is 37.7 Å². The Bertz CT molecular complexity index is 492. The number of carbonyl (C=O) groups is 1. The van der Waals surface area contributed by atoms with Crippen molar-refractivity contribution in [1.82, 2.24) is 14.7 Å². The molecule has 1 aromatic rings. The SMILES string of the molecule is COc1ccn([C@@]2(C)CCN(C(=O)OC(C)(C)C)C2)n1. The quantitative estimate of drug-likeness (QED) is 0.834. The van der Waals surface area contributed by atoms with Crippen LogP contribution in [-0.2, 0) is 10.3 Å². The summed E-state index contributed by atoms with van der Waals surface area (Å²) in [4.78, 5) is 13.8. The third-order valence-corrected chi connectivity index (χ3v) is 3.43. The van der Waals surface area contributed by atoms with Gasteiger partial charge in [-0.3, -0.25) is 4.68 Å². The second-order valence-electron chi connectivity index (χ2n) is 6.45. The number of hydrogen-bond donors (Lipinski definition) is 0. The minimum Gasteiger partial charge on any atom is -0.480 e. The van der Waals surface area contributed by atoms with Crippen LogP contribution in [0.5, 0.6) is 5.88 Å². The van der Waals surface area contributed by atoms with Gasteiger partial charge in [-0.2, -0.15) is 0 Å². The lowest BCUT2D eigenvalue weighted by atomic mass is 10.0. The monoisotopic (exact) mass is 281 g/mol. The van der Waals surface area contributed by atoms with Crippen molar-refractivity contribution < 1.29 is 14.3 Å². The molecule has 0 spiro atoms. The summed E-state index contributed by atoms with van der Waals surface area (Å²) in [7, 11) is 1.59. The molecule has 0 aromatic carbocycles. The molecule has 1 aliphatic rings. The van der Waals surface area contributed by atoms with Gasteiger partial charge in [0.25, 0.3) is 0 Å². The molecule has 1 fully saturated rings. The van der Waals surface area contributed by atoms with Crippen molar-refractivity contribution in [2.75, 3.05) is 20.2 Å². The van der Waals surface area contributed by atoms with Crippen molar-refractivity contribution in [3.8, 4) is 5.88 Å². The van der Waals surface area contributed by atoms with Gasteiger partial charge in [-0.1, -0.05) is 0 Å². The Kier molecular flexibility index (Phi) is 3.67. The van der Waals surface area contributed by atoms with E-state index in [9.17, 15) is 4.79 Å². The van der Waals surface area contributed by atoms with E-state index in [2.05, 4.69) is 12.0 Å². The fraction of sp³-hybridized carbons (Fsp3) is 0.714. The van der Waals surface area contributed by atoms with E-state index in [4.69, 9.17) is 9.47 Å². The highest BCUT2D eigenvalue weighted by Gasteiger charge is 2.39. The molecule has 1 amide bonds. The van der Waals surface area contributed by atoms with Crippen LogP contribution in [0.3, 0.4) is 0 Å². The molecule has 1 aliphatic heterocycles. The molecule has 0 aliphatic carbocycles. The smallest absolute Gasteiger partial charge is 0.410 e. The summed E-state index contributed by atoms with van der Waals surface area (Å²) in [6, 6.07) is 1.82. The van der Waals surface area contributed by atoms with Crippen LogP contribution in [0.2, 0.25) is 0 Å². The minimum atomic E-state index is -0.467. The highest BCUT2D eigenvalue weighted by molar-refractivity contribution is 5.68. The molecule has 1 saturated heterocycles. The van der Waals surface area contributed by atoms with E-state index < -0.39 is 5.60 Å². The van der Waals surface area contributed by atoms with Gasteiger partial charge >= 0.3 is 6.09 Å². The van der Waals surface area contributed by atoms with Crippen molar-refractivity contribution in [2.45, 2.75) is 45.3 Å². The van der Waals surface area contributed by atoms with E-state index >= 15 is 0 Å². The van der Waals surface area contributed by atoms with E-state index in [-0.39, 0.29) is 11.6 Å². The van der Waals surface area contributed by atoms with Crippen molar-refractivity contribution in [3.05, 3.63) is 12.3 Å². The fourth-order valence-corrected chi connectivity index (χ4v) is 2.33. The molecule has 0 saturated carbocycles. The van der Waals surface area contributed by atoms with Gasteiger partial charge in [0, 0.05) is 25.4 Å². The zero-order valence-corrected chi connectivity index (χ0v) is 12.8. The maximum absolute atomic E-state index is 12.1. The Morgan fingerprint density at radius 2 is 2.15 bits per heavy atom. The van der Waals surface area contributed by atoms with Crippen molar-refractivity contribution in [1.29, 1.82) is 0 Å². The Hall–Kier alpha value is -1.72. The van der Waals surface area contributed by atoms with Crippen LogP contribution in [0.4, 0.5) is 4.79 Å². The molecule has 20 heavy (non-hydrogen) atoms. The molecule has 2 rings (SSSR count). The summed E-state index contributed by atoms with van der Waals surface area (Å²) in [6.45, 7) is 8.97. The third-order valence-electron chi connectivity index (χ3n) is 3.43. The summed E-state index contributed by atoms with van der Waals surface area (Å²) >= 11 is 0. The standard InChI is InChI=1S/C14H23N3O3/c1-13(2,3)20-12(18)16-9-7-14(4,10-16)17-8-6-11(15-17)19-5/h6,8H,7,9-10H2,1-5H3/t14-/m0/s1. The molecule has 0 radical (unpaired) electrons. The van der Waals surface area contributed by atoms with Crippen LogP contribution >= 0.6 is 0 Å². The summed E-state index contributed by atoms with van der Waals surface area (Å²) in [5, 5.41) is 4.37. The highest BCUT2D eigenvalue weighted by Crippen LogP contribution is 2.30. The molecule has 6 nitrogen and oxygen atoms in total. The average Bonchev–Trinajstić information content (AvgIpc) is 2.93. The first-order valence-corrected chi connectivity index (χ1v) is 6.82. The number of likely N-dealkylation sites (tertiary alicyclic amines) is 1. The first-order valence-electron chi connectivity index (χ1n) is 6.82. The van der Waals surface area contributed by atoms with E-state index in [0.29, 0.717) is 19.0 Å². The topological polar surface area (TPSA) is 56.6 Å². The van der Waals surface area contributed by atoms with Crippen LogP contribution < -0.4 is 4.74 Å². The number of ether oxygens (including phenoxy) is 2. The molecule has 1 atom stereocenters. The number of methoxy groups -OCH3 is 1. The second-order valence-corrected chi connectivity index (χ2v) is 6.45. The zero-order chi connectivity index (χ0) is 15.0. The fourth-order valence-electron chi connectivity index (χ4n) is 2.33. The van der Waals surface area contributed by atoms with Crippen molar-refractivity contribution in [3.63, 3.8) is 0 Å². The van der Waals surface area contributed by atoms with Gasteiger partial charge in [0.05, 0.1) is 12.6 Å². The Labute approximate surface area is 119 Å². The number of nitrogens with zero attached hydrogens (tertiary/aromatic N) is 3. The zero-order valence-electron chi connectivity index (χ0n) is 12.8. The van der Waals surface area contributed by atoms with Gasteiger partial charge in [-0.05, 0) is 34.1 Å². The largest absolute Gasteiger partial charge is 0.480 e. The van der Waals surface area contributed by atoms with Gasteiger partial charge < -0.3 is 14.4 Å². The summed E-state index contributed by atoms with van der Waals surface area (Å²) in [6.07, 6.45) is 2.47. The lowest BCUT2D eigenvalue weighted by Gasteiger charge is -2.27. The first kappa shape index (κ1) is 14.7. The molecule has 6 heteroatoms. The molecular weight excluding hydrogens is 258 g/mol. The predicted molar refractivity (Wildman–Crippen MR) is 74.9 cm³/mol. The predicted octanol–water partition coefficient (Wildman–Crippen LogP) is 2.25. The van der Waals surface area contributed by atoms with Gasteiger partial charge in [-0.25, -0.2) is 4.79 Å². The highest BCUT2D eigenvalue weighted by atomic mass is 16.6. The molecular formula is C14H23N3O3. The molecule has 1 aromatic heterocycles. The molecule has 112 valence electrons.